The van der Waals surface area contributed by atoms with E-state index < -0.39 is 6.23 Å². The SMILES string of the molecule is C=C1CNC(C=O)O1.CC1CC1. The average molecular weight is 169 g/mol. The molecular weight excluding hydrogens is 154 g/mol. The molecule has 0 radical (unpaired) electrons. The van der Waals surface area contributed by atoms with Crippen LogP contribution in [0.2, 0.25) is 0 Å². The van der Waals surface area contributed by atoms with Gasteiger partial charge >= 0.3 is 0 Å². The summed E-state index contributed by atoms with van der Waals surface area (Å²) in [5.74, 6) is 1.71. The molecule has 1 saturated heterocycles. The predicted molar refractivity (Wildman–Crippen MR) is 46.5 cm³/mol. The fourth-order valence-corrected chi connectivity index (χ4v) is 0.720. The molecule has 2 rings (SSSR count). The number of carbonyl (C=O) groups is 1. The lowest BCUT2D eigenvalue weighted by molar-refractivity contribution is -0.115. The maximum absolute atomic E-state index is 9.92. The number of carbonyl (C=O) groups excluding carboxylic acids is 1. The number of ether oxygens (including phenoxy) is 1. The van der Waals surface area contributed by atoms with Crippen molar-refractivity contribution < 1.29 is 9.53 Å². The molecule has 1 aliphatic heterocycles. The van der Waals surface area contributed by atoms with E-state index in [9.17, 15) is 4.79 Å². The van der Waals surface area contributed by atoms with Crippen molar-refractivity contribution in [2.75, 3.05) is 6.54 Å². The Labute approximate surface area is 72.8 Å². The molecule has 0 aromatic carbocycles. The highest BCUT2D eigenvalue weighted by Crippen LogP contribution is 2.26. The van der Waals surface area contributed by atoms with Crippen molar-refractivity contribution in [3.63, 3.8) is 0 Å². The van der Waals surface area contributed by atoms with Gasteiger partial charge in [0.15, 0.2) is 6.29 Å². The molecule has 68 valence electrons. The van der Waals surface area contributed by atoms with Gasteiger partial charge in [-0.2, -0.15) is 0 Å². The molecule has 1 atom stereocenters. The van der Waals surface area contributed by atoms with E-state index >= 15 is 0 Å². The van der Waals surface area contributed by atoms with E-state index in [2.05, 4.69) is 18.8 Å². The summed E-state index contributed by atoms with van der Waals surface area (Å²) in [7, 11) is 0. The minimum atomic E-state index is -0.456. The van der Waals surface area contributed by atoms with Crippen LogP contribution < -0.4 is 5.32 Å². The first kappa shape index (κ1) is 9.26. The Hall–Kier alpha value is -0.830. The fraction of sp³-hybridized carbons (Fsp3) is 0.667. The van der Waals surface area contributed by atoms with Crippen molar-refractivity contribution in [3.05, 3.63) is 12.3 Å². The Morgan fingerprint density at radius 2 is 2.25 bits per heavy atom. The lowest BCUT2D eigenvalue weighted by Crippen LogP contribution is -2.23. The number of rotatable bonds is 1. The Balaban J connectivity index is 0.000000150. The first-order valence-electron chi connectivity index (χ1n) is 4.25. The molecule has 0 aromatic rings. The summed E-state index contributed by atoms with van der Waals surface area (Å²) >= 11 is 0. The molecule has 0 bridgehead atoms. The highest BCUT2D eigenvalue weighted by Gasteiger charge is 2.15. The van der Waals surface area contributed by atoms with Crippen LogP contribution in [0.3, 0.4) is 0 Å². The van der Waals surface area contributed by atoms with E-state index in [4.69, 9.17) is 4.74 Å². The normalized spacial score (nSPS) is 27.1. The maximum atomic E-state index is 9.92. The Morgan fingerprint density at radius 1 is 1.67 bits per heavy atom. The van der Waals surface area contributed by atoms with Gasteiger partial charge in [0.2, 0.25) is 6.23 Å². The first-order chi connectivity index (χ1) is 5.72. The summed E-state index contributed by atoms with van der Waals surface area (Å²) in [5.41, 5.74) is 0. The van der Waals surface area contributed by atoms with Gasteiger partial charge in [0, 0.05) is 0 Å². The minimum Gasteiger partial charge on any atom is -0.472 e. The zero-order chi connectivity index (χ0) is 8.97. The Kier molecular flexibility index (Phi) is 3.29. The van der Waals surface area contributed by atoms with E-state index in [0.29, 0.717) is 18.6 Å². The van der Waals surface area contributed by atoms with Crippen molar-refractivity contribution in [3.8, 4) is 0 Å². The van der Waals surface area contributed by atoms with Gasteiger partial charge in [-0.1, -0.05) is 26.3 Å². The molecule has 1 aliphatic carbocycles. The summed E-state index contributed by atoms with van der Waals surface area (Å²) in [6, 6.07) is 0. The second-order valence-corrected chi connectivity index (χ2v) is 3.28. The van der Waals surface area contributed by atoms with Gasteiger partial charge in [-0.05, 0) is 5.92 Å². The molecule has 1 saturated carbocycles. The minimum absolute atomic E-state index is 0.456. The monoisotopic (exact) mass is 169 g/mol. The van der Waals surface area contributed by atoms with E-state index in [1.165, 1.54) is 12.8 Å². The van der Waals surface area contributed by atoms with Crippen LogP contribution in [-0.4, -0.2) is 19.1 Å². The Bertz CT molecular complexity index is 175. The number of nitrogens with one attached hydrogen (secondary N) is 1. The zero-order valence-electron chi connectivity index (χ0n) is 7.38. The topological polar surface area (TPSA) is 38.3 Å². The van der Waals surface area contributed by atoms with E-state index in [1.807, 2.05) is 0 Å². The number of hydrogen-bond acceptors (Lipinski definition) is 3. The summed E-state index contributed by atoms with van der Waals surface area (Å²) in [4.78, 5) is 9.92. The summed E-state index contributed by atoms with van der Waals surface area (Å²) < 4.78 is 4.84. The third-order valence-corrected chi connectivity index (χ3v) is 1.78. The average Bonchev–Trinajstić information content (AvgIpc) is 2.70. The van der Waals surface area contributed by atoms with Gasteiger partial charge in [-0.3, -0.25) is 10.1 Å². The zero-order valence-corrected chi connectivity index (χ0v) is 7.38. The van der Waals surface area contributed by atoms with E-state index in [-0.39, 0.29) is 0 Å². The summed E-state index contributed by atoms with van der Waals surface area (Å²) in [5, 5.41) is 2.77. The third kappa shape index (κ3) is 3.53. The lowest BCUT2D eigenvalue weighted by Gasteiger charge is -1.97. The predicted octanol–water partition coefficient (Wildman–Crippen LogP) is 1.06. The standard InChI is InChI=1S/C5H7NO2.C4H8/c1-4-2-6-5(3-7)8-4;1-4-2-3-4/h3,5-6H,1-2H2;4H,2-3H2,1H3. The van der Waals surface area contributed by atoms with Gasteiger partial charge in [0.1, 0.15) is 5.76 Å². The molecule has 3 heteroatoms. The van der Waals surface area contributed by atoms with Gasteiger partial charge < -0.3 is 4.74 Å². The fourth-order valence-electron chi connectivity index (χ4n) is 0.720. The smallest absolute Gasteiger partial charge is 0.206 e. The van der Waals surface area contributed by atoms with Crippen molar-refractivity contribution in [2.45, 2.75) is 26.0 Å². The van der Waals surface area contributed by atoms with Crippen LogP contribution in [0.4, 0.5) is 0 Å². The molecule has 1 unspecified atom stereocenters. The second kappa shape index (κ2) is 4.26. The van der Waals surface area contributed by atoms with E-state index in [1.54, 1.807) is 0 Å². The van der Waals surface area contributed by atoms with Crippen LogP contribution in [0.1, 0.15) is 19.8 Å². The first-order valence-corrected chi connectivity index (χ1v) is 4.25. The van der Waals surface area contributed by atoms with E-state index in [0.717, 1.165) is 5.92 Å². The second-order valence-electron chi connectivity index (χ2n) is 3.28. The lowest BCUT2D eigenvalue weighted by atomic mass is 10.5. The molecule has 1 N–H and O–H groups in total. The molecule has 2 aliphatic rings. The van der Waals surface area contributed by atoms with Gasteiger partial charge in [-0.15, -0.1) is 0 Å². The molecule has 0 amide bonds. The summed E-state index contributed by atoms with van der Waals surface area (Å²) in [6.45, 7) is 6.37. The highest BCUT2D eigenvalue weighted by molar-refractivity contribution is 5.56. The van der Waals surface area contributed by atoms with Crippen molar-refractivity contribution >= 4 is 6.29 Å². The molecule has 12 heavy (non-hydrogen) atoms. The van der Waals surface area contributed by atoms with Crippen LogP contribution in [0.5, 0.6) is 0 Å². The van der Waals surface area contributed by atoms with Gasteiger partial charge in [0.25, 0.3) is 0 Å². The van der Waals surface area contributed by atoms with Crippen molar-refractivity contribution in [1.82, 2.24) is 5.32 Å². The Morgan fingerprint density at radius 3 is 2.42 bits per heavy atom. The molecule has 0 spiro atoms. The molecular formula is C9H15NO2. The van der Waals surface area contributed by atoms with Crippen molar-refractivity contribution in [2.24, 2.45) is 5.92 Å². The number of aldehydes is 1. The van der Waals surface area contributed by atoms with Crippen LogP contribution in [0.15, 0.2) is 12.3 Å². The largest absolute Gasteiger partial charge is 0.472 e. The van der Waals surface area contributed by atoms with Crippen molar-refractivity contribution in [1.29, 1.82) is 0 Å². The van der Waals surface area contributed by atoms with Crippen LogP contribution >= 0.6 is 0 Å². The quantitative estimate of drug-likeness (QED) is 0.596. The maximum Gasteiger partial charge on any atom is 0.206 e. The molecule has 0 aromatic heterocycles. The highest BCUT2D eigenvalue weighted by atomic mass is 16.5. The summed E-state index contributed by atoms with van der Waals surface area (Å²) in [6.07, 6.45) is 3.22. The number of hydrogen-bond donors (Lipinski definition) is 1. The molecule has 2 fully saturated rings. The van der Waals surface area contributed by atoms with Crippen LogP contribution in [-0.2, 0) is 9.53 Å². The van der Waals surface area contributed by atoms with Crippen LogP contribution in [0, 0.1) is 5.92 Å². The van der Waals surface area contributed by atoms with Gasteiger partial charge in [-0.25, -0.2) is 0 Å². The third-order valence-electron chi connectivity index (χ3n) is 1.78. The van der Waals surface area contributed by atoms with Crippen LogP contribution in [0.25, 0.3) is 0 Å². The van der Waals surface area contributed by atoms with Gasteiger partial charge in [0.05, 0.1) is 6.54 Å². The molecule has 3 nitrogen and oxygen atoms in total. The molecule has 1 heterocycles.